The Hall–Kier alpha value is -2.82. The first-order chi connectivity index (χ1) is 12.0. The summed E-state index contributed by atoms with van der Waals surface area (Å²) in [4.78, 5) is 23.3. The van der Waals surface area contributed by atoms with E-state index in [1.165, 1.54) is 0 Å². The molecule has 25 heavy (non-hydrogen) atoms. The summed E-state index contributed by atoms with van der Waals surface area (Å²) in [5.74, 6) is -0.292. The molecule has 0 saturated heterocycles. The summed E-state index contributed by atoms with van der Waals surface area (Å²) in [6, 6.07) is 15.4. The number of esters is 1. The summed E-state index contributed by atoms with van der Waals surface area (Å²) >= 11 is 0. The minimum atomic E-state index is -0.573. The number of hydrogen-bond donors (Lipinski definition) is 1. The van der Waals surface area contributed by atoms with Crippen molar-refractivity contribution in [1.82, 2.24) is 5.32 Å². The van der Waals surface area contributed by atoms with Gasteiger partial charge in [0.25, 0.3) is 5.91 Å². The topological polar surface area (TPSA) is 64.6 Å². The highest BCUT2D eigenvalue weighted by Crippen LogP contribution is 2.16. The largest absolute Gasteiger partial charge is 0.482 e. The van der Waals surface area contributed by atoms with Gasteiger partial charge in [-0.05, 0) is 49.1 Å². The van der Waals surface area contributed by atoms with Crippen LogP contribution >= 0.6 is 0 Å². The summed E-state index contributed by atoms with van der Waals surface area (Å²) in [6.07, 6.45) is 0.733. The quantitative estimate of drug-likeness (QED) is 0.750. The molecule has 0 radical (unpaired) electrons. The molecule has 0 aliphatic rings. The van der Waals surface area contributed by atoms with Crippen LogP contribution in [0.25, 0.3) is 0 Å². The molecule has 0 heterocycles. The van der Waals surface area contributed by atoms with Crippen LogP contribution in [0.15, 0.2) is 48.5 Å². The van der Waals surface area contributed by atoms with E-state index in [2.05, 4.69) is 5.32 Å². The summed E-state index contributed by atoms with van der Waals surface area (Å²) in [7, 11) is 0. The lowest BCUT2D eigenvalue weighted by atomic mass is 10.1. The lowest BCUT2D eigenvalue weighted by Crippen LogP contribution is -2.31. The molecule has 0 aliphatic heterocycles. The first-order valence-corrected chi connectivity index (χ1v) is 8.21. The lowest BCUT2D eigenvalue weighted by Gasteiger charge is -2.09. The zero-order valence-corrected chi connectivity index (χ0v) is 14.6. The van der Waals surface area contributed by atoms with Gasteiger partial charge in [-0.15, -0.1) is 0 Å². The second kappa shape index (κ2) is 9.47. The molecule has 0 fully saturated rings. The van der Waals surface area contributed by atoms with Crippen LogP contribution in [-0.4, -0.2) is 31.6 Å². The van der Waals surface area contributed by atoms with E-state index in [9.17, 15) is 9.59 Å². The molecule has 2 aromatic rings. The number of ether oxygens (including phenoxy) is 2. The Labute approximate surface area is 148 Å². The highest BCUT2D eigenvalue weighted by atomic mass is 16.6. The number of hydrogen-bond acceptors (Lipinski definition) is 4. The van der Waals surface area contributed by atoms with Crippen molar-refractivity contribution in [3.05, 3.63) is 65.2 Å². The monoisotopic (exact) mass is 341 g/mol. The molecule has 2 rings (SSSR count). The third kappa shape index (κ3) is 6.67. The molecule has 1 amide bonds. The Kier molecular flexibility index (Phi) is 7.01. The van der Waals surface area contributed by atoms with E-state index in [0.717, 1.165) is 23.1 Å². The number of rotatable bonds is 8. The first kappa shape index (κ1) is 18.5. The first-order valence-electron chi connectivity index (χ1n) is 8.21. The van der Waals surface area contributed by atoms with Gasteiger partial charge in [0.2, 0.25) is 0 Å². The van der Waals surface area contributed by atoms with Gasteiger partial charge in [-0.1, -0.05) is 36.4 Å². The summed E-state index contributed by atoms with van der Waals surface area (Å²) in [5, 5.41) is 2.72. The predicted octanol–water partition coefficient (Wildman–Crippen LogP) is 2.58. The number of nitrogens with one attached hydrogen (secondary N) is 1. The molecule has 2 aromatic carbocycles. The van der Waals surface area contributed by atoms with Crippen LogP contribution in [0.4, 0.5) is 0 Å². The SMILES string of the molecule is Cc1ccc(OCC(=O)OCC(=O)NCCc2ccccc2)cc1C. The average Bonchev–Trinajstić information content (AvgIpc) is 2.62. The van der Waals surface area contributed by atoms with E-state index in [1.807, 2.05) is 56.3 Å². The third-order valence-corrected chi connectivity index (χ3v) is 3.78. The summed E-state index contributed by atoms with van der Waals surface area (Å²) in [5.41, 5.74) is 3.38. The zero-order valence-electron chi connectivity index (χ0n) is 14.6. The molecular formula is C20H23NO4. The number of benzene rings is 2. The maximum atomic E-state index is 11.7. The molecule has 0 atom stereocenters. The molecule has 0 unspecified atom stereocenters. The number of carbonyl (C=O) groups excluding carboxylic acids is 2. The van der Waals surface area contributed by atoms with Gasteiger partial charge in [-0.25, -0.2) is 4.79 Å². The fourth-order valence-corrected chi connectivity index (χ4v) is 2.18. The fourth-order valence-electron chi connectivity index (χ4n) is 2.18. The van der Waals surface area contributed by atoms with Gasteiger partial charge in [0.05, 0.1) is 0 Å². The molecule has 0 bridgehead atoms. The Balaban J connectivity index is 1.62. The van der Waals surface area contributed by atoms with Crippen molar-refractivity contribution in [3.8, 4) is 5.75 Å². The second-order valence-electron chi connectivity index (χ2n) is 5.78. The van der Waals surface area contributed by atoms with Crippen molar-refractivity contribution in [2.45, 2.75) is 20.3 Å². The Morgan fingerprint density at radius 1 is 0.960 bits per heavy atom. The van der Waals surface area contributed by atoms with Crippen molar-refractivity contribution in [3.63, 3.8) is 0 Å². The van der Waals surface area contributed by atoms with Gasteiger partial charge in [0.1, 0.15) is 5.75 Å². The normalized spacial score (nSPS) is 10.2. The molecule has 0 saturated carbocycles. The smallest absolute Gasteiger partial charge is 0.344 e. The van der Waals surface area contributed by atoms with E-state index >= 15 is 0 Å². The van der Waals surface area contributed by atoms with Crippen LogP contribution in [0.5, 0.6) is 5.75 Å². The van der Waals surface area contributed by atoms with Gasteiger partial charge in [0.15, 0.2) is 13.2 Å². The maximum absolute atomic E-state index is 11.7. The van der Waals surface area contributed by atoms with Crippen LogP contribution in [0, 0.1) is 13.8 Å². The number of amides is 1. The lowest BCUT2D eigenvalue weighted by molar-refractivity contribution is -0.150. The predicted molar refractivity (Wildman–Crippen MR) is 95.5 cm³/mol. The van der Waals surface area contributed by atoms with Crippen LogP contribution in [0.3, 0.4) is 0 Å². The van der Waals surface area contributed by atoms with Gasteiger partial charge in [-0.2, -0.15) is 0 Å². The molecule has 0 spiro atoms. The van der Waals surface area contributed by atoms with E-state index in [1.54, 1.807) is 6.07 Å². The molecule has 0 aliphatic carbocycles. The standard InChI is InChI=1S/C20H23NO4/c1-15-8-9-18(12-16(15)2)24-14-20(23)25-13-19(22)21-11-10-17-6-4-3-5-7-17/h3-9,12H,10-11,13-14H2,1-2H3,(H,21,22). The van der Waals surface area contributed by atoms with Gasteiger partial charge in [-0.3, -0.25) is 4.79 Å². The Morgan fingerprint density at radius 3 is 2.44 bits per heavy atom. The summed E-state index contributed by atoms with van der Waals surface area (Å²) in [6.45, 7) is 3.95. The van der Waals surface area contributed by atoms with Gasteiger partial charge in [0, 0.05) is 6.54 Å². The van der Waals surface area contributed by atoms with Gasteiger partial charge >= 0.3 is 5.97 Å². The molecule has 5 heteroatoms. The molecular weight excluding hydrogens is 318 g/mol. The van der Waals surface area contributed by atoms with Crippen LogP contribution < -0.4 is 10.1 Å². The molecule has 0 aromatic heterocycles. The maximum Gasteiger partial charge on any atom is 0.344 e. The zero-order chi connectivity index (χ0) is 18.1. The van der Waals surface area contributed by atoms with Gasteiger partial charge < -0.3 is 14.8 Å². The number of carbonyl (C=O) groups is 2. The van der Waals surface area contributed by atoms with Crippen molar-refractivity contribution in [1.29, 1.82) is 0 Å². The highest BCUT2D eigenvalue weighted by molar-refractivity contribution is 5.80. The average molecular weight is 341 g/mol. The second-order valence-corrected chi connectivity index (χ2v) is 5.78. The fraction of sp³-hybridized carbons (Fsp3) is 0.300. The van der Waals surface area contributed by atoms with E-state index in [-0.39, 0.29) is 19.1 Å². The minimum absolute atomic E-state index is 0.222. The molecule has 5 nitrogen and oxygen atoms in total. The van der Waals surface area contributed by atoms with Crippen molar-refractivity contribution in [2.24, 2.45) is 0 Å². The van der Waals surface area contributed by atoms with Crippen LogP contribution in [0.1, 0.15) is 16.7 Å². The van der Waals surface area contributed by atoms with E-state index in [0.29, 0.717) is 12.3 Å². The Morgan fingerprint density at radius 2 is 1.72 bits per heavy atom. The molecule has 1 N–H and O–H groups in total. The van der Waals surface area contributed by atoms with E-state index in [4.69, 9.17) is 9.47 Å². The van der Waals surface area contributed by atoms with Crippen LogP contribution in [-0.2, 0) is 20.7 Å². The van der Waals surface area contributed by atoms with E-state index < -0.39 is 5.97 Å². The number of aryl methyl sites for hydroxylation is 2. The highest BCUT2D eigenvalue weighted by Gasteiger charge is 2.08. The van der Waals surface area contributed by atoms with Crippen LogP contribution in [0.2, 0.25) is 0 Å². The summed E-state index contributed by atoms with van der Waals surface area (Å²) < 4.78 is 10.3. The third-order valence-electron chi connectivity index (χ3n) is 3.78. The van der Waals surface area contributed by atoms with Crippen molar-refractivity contribution >= 4 is 11.9 Å². The molecule has 132 valence electrons. The minimum Gasteiger partial charge on any atom is -0.482 e. The van der Waals surface area contributed by atoms with Crippen molar-refractivity contribution < 1.29 is 19.1 Å². The van der Waals surface area contributed by atoms with Crippen molar-refractivity contribution in [2.75, 3.05) is 19.8 Å². The Bertz CT molecular complexity index is 713.